The summed E-state index contributed by atoms with van der Waals surface area (Å²) in [7, 11) is 0. The molecule has 1 atom stereocenters. The maximum atomic E-state index is 13.0. The van der Waals surface area contributed by atoms with Gasteiger partial charge in [0, 0.05) is 36.4 Å². The number of nitrogens with zero attached hydrogens (tertiary/aromatic N) is 3. The number of hydrogen-bond donors (Lipinski definition) is 1. The molecule has 6 heteroatoms. The fourth-order valence-electron chi connectivity index (χ4n) is 4.16. The van der Waals surface area contributed by atoms with E-state index in [0.717, 1.165) is 43.0 Å². The van der Waals surface area contributed by atoms with Crippen LogP contribution in [0.5, 0.6) is 0 Å². The Kier molecular flexibility index (Phi) is 6.21. The van der Waals surface area contributed by atoms with Gasteiger partial charge in [-0.3, -0.25) is 14.4 Å². The first-order chi connectivity index (χ1) is 14.5. The lowest BCUT2D eigenvalue weighted by Crippen LogP contribution is -2.37. The molecule has 1 aliphatic heterocycles. The highest BCUT2D eigenvalue weighted by Gasteiger charge is 2.26. The molecule has 1 amide bonds. The van der Waals surface area contributed by atoms with Crippen LogP contribution in [0.25, 0.3) is 0 Å². The Morgan fingerprint density at radius 2 is 1.83 bits per heavy atom. The van der Waals surface area contributed by atoms with Crippen molar-refractivity contribution in [2.24, 2.45) is 0 Å². The van der Waals surface area contributed by atoms with Gasteiger partial charge in [0.05, 0.1) is 17.8 Å². The van der Waals surface area contributed by atoms with Gasteiger partial charge in [0.15, 0.2) is 0 Å². The topological polar surface area (TPSA) is 50.2 Å². The second-order valence-electron chi connectivity index (χ2n) is 7.97. The van der Waals surface area contributed by atoms with Crippen LogP contribution in [-0.4, -0.2) is 39.7 Å². The molecule has 1 saturated heterocycles. The van der Waals surface area contributed by atoms with Crippen LogP contribution in [0.3, 0.4) is 0 Å². The van der Waals surface area contributed by atoms with Crippen LogP contribution in [0.4, 0.5) is 0 Å². The van der Waals surface area contributed by atoms with E-state index < -0.39 is 0 Å². The standard InChI is InChI=1S/C24H27ClN4O/c1-17-23(18(2)29(27-17)15-20-10-6-7-11-22(20)25)24(30)26-21-12-13-28(16-21)14-19-8-4-3-5-9-19/h3-11,21H,12-16H2,1-2H3,(H,26,30)/t21-/m1/s1. The summed E-state index contributed by atoms with van der Waals surface area (Å²) < 4.78 is 1.86. The Balaban J connectivity index is 1.40. The summed E-state index contributed by atoms with van der Waals surface area (Å²) >= 11 is 6.30. The summed E-state index contributed by atoms with van der Waals surface area (Å²) in [5.41, 5.74) is 4.57. The predicted octanol–water partition coefficient (Wildman–Crippen LogP) is 4.21. The molecule has 2 heterocycles. The summed E-state index contributed by atoms with van der Waals surface area (Å²) in [4.78, 5) is 15.4. The van der Waals surface area contributed by atoms with Crippen LogP contribution >= 0.6 is 11.6 Å². The Bertz CT molecular complexity index is 1030. The Morgan fingerprint density at radius 1 is 1.10 bits per heavy atom. The van der Waals surface area contributed by atoms with E-state index >= 15 is 0 Å². The summed E-state index contributed by atoms with van der Waals surface area (Å²) in [6.45, 7) is 7.16. The third-order valence-corrected chi connectivity index (χ3v) is 6.11. The van der Waals surface area contributed by atoms with E-state index in [4.69, 9.17) is 11.6 Å². The first-order valence-corrected chi connectivity index (χ1v) is 10.7. The van der Waals surface area contributed by atoms with Crippen molar-refractivity contribution < 1.29 is 4.79 Å². The molecule has 2 aromatic carbocycles. The quantitative estimate of drug-likeness (QED) is 0.647. The van der Waals surface area contributed by atoms with Gasteiger partial charge in [-0.2, -0.15) is 5.10 Å². The summed E-state index contributed by atoms with van der Waals surface area (Å²) in [5.74, 6) is -0.0398. The lowest BCUT2D eigenvalue weighted by atomic mass is 10.1. The van der Waals surface area contributed by atoms with Crippen molar-refractivity contribution in [1.82, 2.24) is 20.0 Å². The van der Waals surface area contributed by atoms with Gasteiger partial charge in [0.25, 0.3) is 5.91 Å². The lowest BCUT2D eigenvalue weighted by Gasteiger charge is -2.17. The molecule has 1 aromatic heterocycles. The Hall–Kier alpha value is -2.63. The molecular weight excluding hydrogens is 396 g/mol. The fourth-order valence-corrected chi connectivity index (χ4v) is 4.36. The highest BCUT2D eigenvalue weighted by Crippen LogP contribution is 2.20. The molecule has 30 heavy (non-hydrogen) atoms. The Morgan fingerprint density at radius 3 is 2.60 bits per heavy atom. The van der Waals surface area contributed by atoms with Crippen molar-refractivity contribution >= 4 is 17.5 Å². The van der Waals surface area contributed by atoms with Crippen LogP contribution in [-0.2, 0) is 13.1 Å². The monoisotopic (exact) mass is 422 g/mol. The molecule has 1 N–H and O–H groups in total. The molecule has 0 unspecified atom stereocenters. The average Bonchev–Trinajstić information content (AvgIpc) is 3.27. The van der Waals surface area contributed by atoms with Crippen molar-refractivity contribution in [1.29, 1.82) is 0 Å². The number of carbonyl (C=O) groups is 1. The number of amides is 1. The maximum Gasteiger partial charge on any atom is 0.255 e. The SMILES string of the molecule is Cc1nn(Cc2ccccc2Cl)c(C)c1C(=O)N[C@@H]1CCN(Cc2ccccc2)C1. The Labute approximate surface area is 182 Å². The zero-order valence-corrected chi connectivity index (χ0v) is 18.2. The average molecular weight is 423 g/mol. The van der Waals surface area contributed by atoms with Crippen LogP contribution in [0, 0.1) is 13.8 Å². The number of hydrogen-bond acceptors (Lipinski definition) is 3. The zero-order chi connectivity index (χ0) is 21.1. The van der Waals surface area contributed by atoms with E-state index in [1.165, 1.54) is 5.56 Å². The number of likely N-dealkylation sites (tertiary alicyclic amines) is 1. The fraction of sp³-hybridized carbons (Fsp3) is 0.333. The molecule has 0 aliphatic carbocycles. The second-order valence-corrected chi connectivity index (χ2v) is 8.38. The minimum absolute atomic E-state index is 0.0398. The number of rotatable bonds is 6. The van der Waals surface area contributed by atoms with Gasteiger partial charge >= 0.3 is 0 Å². The molecule has 4 rings (SSSR count). The van der Waals surface area contributed by atoms with Gasteiger partial charge in [0.1, 0.15) is 0 Å². The van der Waals surface area contributed by atoms with Gasteiger partial charge in [0.2, 0.25) is 0 Å². The molecular formula is C24H27ClN4O. The first-order valence-electron chi connectivity index (χ1n) is 10.4. The van der Waals surface area contributed by atoms with Gasteiger partial charge in [-0.25, -0.2) is 0 Å². The minimum atomic E-state index is -0.0398. The third-order valence-electron chi connectivity index (χ3n) is 5.74. The maximum absolute atomic E-state index is 13.0. The van der Waals surface area contributed by atoms with Crippen molar-refractivity contribution in [3.63, 3.8) is 0 Å². The second kappa shape index (κ2) is 9.02. The van der Waals surface area contributed by atoms with Crippen molar-refractivity contribution in [3.8, 4) is 0 Å². The summed E-state index contributed by atoms with van der Waals surface area (Å²) in [6.07, 6.45) is 0.963. The first kappa shape index (κ1) is 20.6. The van der Waals surface area contributed by atoms with E-state index in [1.807, 2.05) is 48.9 Å². The van der Waals surface area contributed by atoms with Crippen molar-refractivity contribution in [3.05, 3.63) is 87.7 Å². The molecule has 0 bridgehead atoms. The predicted molar refractivity (Wildman–Crippen MR) is 120 cm³/mol. The minimum Gasteiger partial charge on any atom is -0.348 e. The highest BCUT2D eigenvalue weighted by molar-refractivity contribution is 6.31. The summed E-state index contributed by atoms with van der Waals surface area (Å²) in [5, 5.41) is 8.53. The van der Waals surface area contributed by atoms with Gasteiger partial charge < -0.3 is 5.32 Å². The molecule has 0 saturated carbocycles. The highest BCUT2D eigenvalue weighted by atomic mass is 35.5. The normalized spacial score (nSPS) is 16.7. The molecule has 0 spiro atoms. The van der Waals surface area contributed by atoms with Gasteiger partial charge in [-0.15, -0.1) is 0 Å². The smallest absolute Gasteiger partial charge is 0.255 e. The number of aryl methyl sites for hydroxylation is 1. The summed E-state index contributed by atoms with van der Waals surface area (Å²) in [6, 6.07) is 18.3. The molecule has 1 aliphatic rings. The zero-order valence-electron chi connectivity index (χ0n) is 17.4. The number of benzene rings is 2. The number of aromatic nitrogens is 2. The van der Waals surface area contributed by atoms with Crippen molar-refractivity contribution in [2.75, 3.05) is 13.1 Å². The molecule has 0 radical (unpaired) electrons. The van der Waals surface area contributed by atoms with Gasteiger partial charge in [-0.05, 0) is 37.5 Å². The van der Waals surface area contributed by atoms with Crippen LogP contribution in [0.2, 0.25) is 5.02 Å². The van der Waals surface area contributed by atoms with Crippen LogP contribution in [0.1, 0.15) is 39.3 Å². The van der Waals surface area contributed by atoms with E-state index in [9.17, 15) is 4.79 Å². The number of carbonyl (C=O) groups excluding carboxylic acids is 1. The van der Waals surface area contributed by atoms with E-state index in [-0.39, 0.29) is 11.9 Å². The number of halogens is 1. The van der Waals surface area contributed by atoms with Crippen LogP contribution in [0.15, 0.2) is 54.6 Å². The van der Waals surface area contributed by atoms with E-state index in [0.29, 0.717) is 17.1 Å². The molecule has 3 aromatic rings. The third kappa shape index (κ3) is 4.58. The lowest BCUT2D eigenvalue weighted by molar-refractivity contribution is 0.0936. The van der Waals surface area contributed by atoms with Crippen molar-refractivity contribution in [2.45, 2.75) is 39.4 Å². The number of nitrogens with one attached hydrogen (secondary N) is 1. The molecule has 5 nitrogen and oxygen atoms in total. The van der Waals surface area contributed by atoms with Gasteiger partial charge in [-0.1, -0.05) is 60.1 Å². The van der Waals surface area contributed by atoms with E-state index in [2.05, 4.69) is 39.6 Å². The van der Waals surface area contributed by atoms with Crippen LogP contribution < -0.4 is 5.32 Å². The molecule has 156 valence electrons. The largest absolute Gasteiger partial charge is 0.348 e. The van der Waals surface area contributed by atoms with E-state index in [1.54, 1.807) is 0 Å². The molecule has 1 fully saturated rings.